The van der Waals surface area contributed by atoms with Crippen LogP contribution in [-0.4, -0.2) is 24.2 Å². The highest BCUT2D eigenvalue weighted by Crippen LogP contribution is 2.27. The summed E-state index contributed by atoms with van der Waals surface area (Å²) in [4.78, 5) is 12.8. The Kier molecular flexibility index (Phi) is 4.98. The Bertz CT molecular complexity index is 454. The van der Waals surface area contributed by atoms with Crippen LogP contribution in [0.3, 0.4) is 0 Å². The molecule has 0 aliphatic carbocycles. The fraction of sp³-hybridized carbons (Fsp3) is 0.333. The lowest BCUT2D eigenvalue weighted by atomic mass is 10.2. The third kappa shape index (κ3) is 3.46. The van der Waals surface area contributed by atoms with Crippen LogP contribution in [0.1, 0.15) is 23.7 Å². The van der Waals surface area contributed by atoms with Crippen LogP contribution in [0.15, 0.2) is 22.7 Å². The van der Waals surface area contributed by atoms with E-state index >= 15 is 0 Å². The maximum absolute atomic E-state index is 10.8. The minimum absolute atomic E-state index is 0.247. The van der Waals surface area contributed by atoms with Crippen LogP contribution >= 0.6 is 15.9 Å². The summed E-state index contributed by atoms with van der Waals surface area (Å²) in [5.74, 6) is -0.947. The zero-order valence-electron chi connectivity index (χ0n) is 9.48. The topological polar surface area (TPSA) is 64.3 Å². The van der Waals surface area contributed by atoms with Gasteiger partial charge in [0.1, 0.15) is 0 Å². The molecule has 0 amide bonds. The summed E-state index contributed by atoms with van der Waals surface area (Å²) in [5, 5.41) is 17.4. The van der Waals surface area contributed by atoms with Crippen LogP contribution in [0.2, 0.25) is 0 Å². The quantitative estimate of drug-likeness (QED) is 0.907. The lowest BCUT2D eigenvalue weighted by molar-refractivity contribution is 0.0697. The number of carboxylic acids is 1. The number of carboxylic acid groups (broad SMARTS) is 1. The molecule has 4 nitrogen and oxygen atoms in total. The van der Waals surface area contributed by atoms with E-state index in [1.165, 1.54) is 0 Å². The molecule has 0 saturated heterocycles. The van der Waals surface area contributed by atoms with Crippen molar-refractivity contribution in [1.82, 2.24) is 0 Å². The standard InChI is InChI=1S/C12H13BrN2O2/c1-2-15(7-3-6-14)11-5-4-9(12(16)17)8-10(11)13/h4-5,8H,2-3,7H2,1H3,(H,16,17). The lowest BCUT2D eigenvalue weighted by Crippen LogP contribution is -2.24. The molecule has 0 fully saturated rings. The van der Waals surface area contributed by atoms with E-state index in [4.69, 9.17) is 10.4 Å². The molecule has 0 unspecified atom stereocenters. The van der Waals surface area contributed by atoms with Gasteiger partial charge >= 0.3 is 5.97 Å². The Morgan fingerprint density at radius 3 is 2.76 bits per heavy atom. The zero-order chi connectivity index (χ0) is 12.8. The molecule has 0 atom stereocenters. The predicted octanol–water partition coefficient (Wildman–Crippen LogP) is 2.89. The van der Waals surface area contributed by atoms with Crippen LogP contribution < -0.4 is 4.90 Å². The Morgan fingerprint density at radius 2 is 2.29 bits per heavy atom. The van der Waals surface area contributed by atoms with Gasteiger partial charge in [0, 0.05) is 17.6 Å². The normalized spacial score (nSPS) is 9.71. The molecule has 0 bridgehead atoms. The molecular formula is C12H13BrN2O2. The number of aromatic carboxylic acids is 1. The van der Waals surface area contributed by atoms with E-state index in [1.54, 1.807) is 18.2 Å². The largest absolute Gasteiger partial charge is 0.478 e. The summed E-state index contributed by atoms with van der Waals surface area (Å²) in [7, 11) is 0. The Hall–Kier alpha value is -1.54. The number of carbonyl (C=O) groups is 1. The van der Waals surface area contributed by atoms with Crippen molar-refractivity contribution in [3.8, 4) is 6.07 Å². The van der Waals surface area contributed by atoms with Crippen LogP contribution in [0, 0.1) is 11.3 Å². The Labute approximate surface area is 109 Å². The van der Waals surface area contributed by atoms with Gasteiger partial charge in [-0.2, -0.15) is 5.26 Å². The van der Waals surface area contributed by atoms with E-state index in [9.17, 15) is 4.79 Å². The first-order valence-corrected chi connectivity index (χ1v) is 6.04. The van der Waals surface area contributed by atoms with Crippen LogP contribution in [0.4, 0.5) is 5.69 Å². The monoisotopic (exact) mass is 296 g/mol. The van der Waals surface area contributed by atoms with Gasteiger partial charge < -0.3 is 10.0 Å². The molecule has 1 N–H and O–H groups in total. The summed E-state index contributed by atoms with van der Waals surface area (Å²) in [6.45, 7) is 3.40. The molecule has 90 valence electrons. The van der Waals surface area contributed by atoms with Crippen molar-refractivity contribution in [2.45, 2.75) is 13.3 Å². The second-order valence-corrected chi connectivity index (χ2v) is 4.31. The van der Waals surface area contributed by atoms with Crippen molar-refractivity contribution in [2.75, 3.05) is 18.0 Å². The number of anilines is 1. The molecule has 0 heterocycles. The van der Waals surface area contributed by atoms with Crippen molar-refractivity contribution in [1.29, 1.82) is 5.26 Å². The van der Waals surface area contributed by atoms with E-state index in [-0.39, 0.29) is 5.56 Å². The van der Waals surface area contributed by atoms with Gasteiger partial charge in [-0.15, -0.1) is 0 Å². The second kappa shape index (κ2) is 6.26. The molecular weight excluding hydrogens is 284 g/mol. The third-order valence-corrected chi connectivity index (χ3v) is 3.05. The minimum Gasteiger partial charge on any atom is -0.478 e. The molecule has 0 radical (unpaired) electrons. The fourth-order valence-corrected chi connectivity index (χ4v) is 2.16. The fourth-order valence-electron chi connectivity index (χ4n) is 1.53. The van der Waals surface area contributed by atoms with Crippen molar-refractivity contribution >= 4 is 27.6 Å². The number of hydrogen-bond donors (Lipinski definition) is 1. The van der Waals surface area contributed by atoms with Crippen LogP contribution in [0.25, 0.3) is 0 Å². The zero-order valence-corrected chi connectivity index (χ0v) is 11.1. The third-order valence-electron chi connectivity index (χ3n) is 2.41. The molecule has 0 aliphatic heterocycles. The molecule has 1 aromatic carbocycles. The van der Waals surface area contributed by atoms with E-state index in [2.05, 4.69) is 22.0 Å². The van der Waals surface area contributed by atoms with E-state index in [1.807, 2.05) is 11.8 Å². The number of nitriles is 1. The highest BCUT2D eigenvalue weighted by molar-refractivity contribution is 9.10. The first-order valence-electron chi connectivity index (χ1n) is 5.25. The summed E-state index contributed by atoms with van der Waals surface area (Å²) in [5.41, 5.74) is 1.16. The van der Waals surface area contributed by atoms with E-state index in [0.717, 1.165) is 16.7 Å². The second-order valence-electron chi connectivity index (χ2n) is 3.46. The first kappa shape index (κ1) is 13.5. The average molecular weight is 297 g/mol. The van der Waals surface area contributed by atoms with Crippen LogP contribution in [0.5, 0.6) is 0 Å². The van der Waals surface area contributed by atoms with Gasteiger partial charge in [0.25, 0.3) is 0 Å². The number of nitrogens with zero attached hydrogens (tertiary/aromatic N) is 2. The number of rotatable bonds is 5. The molecule has 17 heavy (non-hydrogen) atoms. The van der Waals surface area contributed by atoms with Gasteiger partial charge in [-0.1, -0.05) is 0 Å². The minimum atomic E-state index is -0.947. The van der Waals surface area contributed by atoms with Gasteiger partial charge in [-0.05, 0) is 41.1 Å². The molecule has 1 rings (SSSR count). The number of benzene rings is 1. The van der Waals surface area contributed by atoms with E-state index < -0.39 is 5.97 Å². The molecule has 1 aromatic rings. The van der Waals surface area contributed by atoms with Crippen molar-refractivity contribution in [3.05, 3.63) is 28.2 Å². The van der Waals surface area contributed by atoms with Gasteiger partial charge in [0.2, 0.25) is 0 Å². The van der Waals surface area contributed by atoms with Crippen molar-refractivity contribution in [2.24, 2.45) is 0 Å². The number of hydrogen-bond acceptors (Lipinski definition) is 3. The summed E-state index contributed by atoms with van der Waals surface area (Å²) in [6.07, 6.45) is 0.445. The Morgan fingerprint density at radius 1 is 1.59 bits per heavy atom. The van der Waals surface area contributed by atoms with Gasteiger partial charge in [0.15, 0.2) is 0 Å². The molecule has 0 spiro atoms. The maximum atomic E-state index is 10.8. The summed E-state index contributed by atoms with van der Waals surface area (Å²) >= 11 is 3.36. The SMILES string of the molecule is CCN(CCC#N)c1ccc(C(=O)O)cc1Br. The Balaban J connectivity index is 2.97. The summed E-state index contributed by atoms with van der Waals surface area (Å²) < 4.78 is 0.734. The average Bonchev–Trinajstić information content (AvgIpc) is 2.31. The van der Waals surface area contributed by atoms with Crippen LogP contribution in [-0.2, 0) is 0 Å². The molecule has 0 aromatic heterocycles. The molecule has 5 heteroatoms. The van der Waals surface area contributed by atoms with Crippen molar-refractivity contribution < 1.29 is 9.90 Å². The lowest BCUT2D eigenvalue weighted by Gasteiger charge is -2.23. The van der Waals surface area contributed by atoms with Gasteiger partial charge in [-0.3, -0.25) is 0 Å². The van der Waals surface area contributed by atoms with Gasteiger partial charge in [0.05, 0.1) is 23.7 Å². The highest BCUT2D eigenvalue weighted by atomic mass is 79.9. The first-order chi connectivity index (χ1) is 8.10. The molecule has 0 aliphatic rings. The van der Waals surface area contributed by atoms with Crippen molar-refractivity contribution in [3.63, 3.8) is 0 Å². The van der Waals surface area contributed by atoms with Gasteiger partial charge in [-0.25, -0.2) is 4.79 Å². The molecule has 0 saturated carbocycles. The predicted molar refractivity (Wildman–Crippen MR) is 69.2 cm³/mol. The highest BCUT2D eigenvalue weighted by Gasteiger charge is 2.11. The summed E-state index contributed by atoms with van der Waals surface area (Å²) in [6, 6.07) is 7.00. The van der Waals surface area contributed by atoms with E-state index in [0.29, 0.717) is 13.0 Å². The number of halogens is 1. The smallest absolute Gasteiger partial charge is 0.335 e. The maximum Gasteiger partial charge on any atom is 0.335 e.